The van der Waals surface area contributed by atoms with Gasteiger partial charge in [-0.1, -0.05) is 13.8 Å². The summed E-state index contributed by atoms with van der Waals surface area (Å²) in [6.07, 6.45) is 0.242. The van der Waals surface area contributed by atoms with Gasteiger partial charge >= 0.3 is 0 Å². The lowest BCUT2D eigenvalue weighted by Crippen LogP contribution is -2.78. The van der Waals surface area contributed by atoms with E-state index in [1.807, 2.05) is 0 Å². The molecule has 0 aromatic rings. The maximum atomic E-state index is 13.9. The van der Waals surface area contributed by atoms with Crippen molar-refractivity contribution in [3.63, 3.8) is 0 Å². The average molecular weight is 380 g/mol. The number of Topliss-reactive ketones (excluding diaryl/α,β-unsaturated/α-hetero) is 1. The molecule has 2 aliphatic heterocycles. The van der Waals surface area contributed by atoms with Crippen molar-refractivity contribution < 1.29 is 34.8 Å². The van der Waals surface area contributed by atoms with E-state index < -0.39 is 51.4 Å². The van der Waals surface area contributed by atoms with Crippen molar-refractivity contribution in [2.75, 3.05) is 6.61 Å². The molecule has 7 nitrogen and oxygen atoms in total. The van der Waals surface area contributed by atoms with Crippen molar-refractivity contribution in [3.05, 3.63) is 11.6 Å². The van der Waals surface area contributed by atoms with Crippen LogP contribution in [0.5, 0.6) is 0 Å². The lowest BCUT2D eigenvalue weighted by atomic mass is 9.51. The monoisotopic (exact) mass is 380 g/mol. The van der Waals surface area contributed by atoms with Gasteiger partial charge in [0.15, 0.2) is 23.0 Å². The molecule has 150 valence electrons. The van der Waals surface area contributed by atoms with E-state index in [1.54, 1.807) is 20.8 Å². The maximum absolute atomic E-state index is 13.9. The van der Waals surface area contributed by atoms with Crippen LogP contribution in [-0.4, -0.2) is 61.7 Å². The fourth-order valence-electron chi connectivity index (χ4n) is 6.21. The minimum absolute atomic E-state index is 0.115. The third-order valence-corrected chi connectivity index (χ3v) is 8.15. The van der Waals surface area contributed by atoms with Crippen LogP contribution in [0.4, 0.5) is 0 Å². The molecule has 4 rings (SSSR count). The molecular weight excluding hydrogens is 352 g/mol. The van der Waals surface area contributed by atoms with Crippen molar-refractivity contribution in [2.24, 2.45) is 22.7 Å². The second kappa shape index (κ2) is 5.07. The van der Waals surface area contributed by atoms with E-state index in [4.69, 9.17) is 4.74 Å². The normalized spacial score (nSPS) is 55.2. The lowest BCUT2D eigenvalue weighted by molar-refractivity contribution is -0.375. The molecule has 2 heterocycles. The first-order chi connectivity index (χ1) is 12.4. The number of rotatable bonds is 2. The molecule has 8 atom stereocenters. The molecule has 3 fully saturated rings. The smallest absolute Gasteiger partial charge is 0.186 e. The molecule has 0 unspecified atom stereocenters. The van der Waals surface area contributed by atoms with Crippen LogP contribution in [0, 0.1) is 22.7 Å². The Morgan fingerprint density at radius 3 is 2.52 bits per heavy atom. The molecule has 1 saturated carbocycles. The van der Waals surface area contributed by atoms with Gasteiger partial charge in [0.25, 0.3) is 0 Å². The molecule has 2 saturated heterocycles. The van der Waals surface area contributed by atoms with E-state index in [-0.39, 0.29) is 30.9 Å². The van der Waals surface area contributed by atoms with E-state index >= 15 is 0 Å². The fourth-order valence-corrected chi connectivity index (χ4v) is 6.21. The Hall–Kier alpha value is -1.12. The van der Waals surface area contributed by atoms with E-state index in [9.17, 15) is 30.0 Å². The number of aliphatic hydroxyl groups excluding tert-OH is 2. The number of carbonyl (C=O) groups is 2. The van der Waals surface area contributed by atoms with Crippen LogP contribution >= 0.6 is 0 Å². The number of hydrogen-bond donors (Lipinski definition) is 4. The number of carbonyl (C=O) groups excluding carboxylic acids is 2. The first kappa shape index (κ1) is 19.2. The Labute approximate surface area is 158 Å². The van der Waals surface area contributed by atoms with Crippen molar-refractivity contribution in [2.45, 2.75) is 70.1 Å². The Balaban J connectivity index is 2.10. The minimum atomic E-state index is -2.08. The molecular formula is C20H28O7. The number of fused-ring (bicyclic) bond motifs is 2. The van der Waals surface area contributed by atoms with Crippen molar-refractivity contribution in [1.82, 2.24) is 0 Å². The van der Waals surface area contributed by atoms with Crippen molar-refractivity contribution in [3.8, 4) is 0 Å². The van der Waals surface area contributed by atoms with Gasteiger partial charge in [0.1, 0.15) is 11.0 Å². The SMILES string of the molecule is C[C@@H](CO)C1=CC(=O)[C@]2(C)C[C@]3(O)O[C@]4(C(=O)[C@]13C)[C@H](O)[C@@H](C)CC[C@]24O. The summed E-state index contributed by atoms with van der Waals surface area (Å²) in [5.41, 5.74) is -6.85. The maximum Gasteiger partial charge on any atom is 0.186 e. The van der Waals surface area contributed by atoms with E-state index in [1.165, 1.54) is 13.0 Å². The fraction of sp³-hybridized carbons (Fsp3) is 0.800. The van der Waals surface area contributed by atoms with Gasteiger partial charge in [-0.15, -0.1) is 0 Å². The van der Waals surface area contributed by atoms with E-state index in [0.29, 0.717) is 6.42 Å². The van der Waals surface area contributed by atoms with Gasteiger partial charge in [0, 0.05) is 18.9 Å². The zero-order valence-corrected chi connectivity index (χ0v) is 16.2. The average Bonchev–Trinajstić information content (AvgIpc) is 2.74. The summed E-state index contributed by atoms with van der Waals surface area (Å²) in [5.74, 6) is -3.99. The third kappa shape index (κ3) is 1.69. The van der Waals surface area contributed by atoms with Crippen LogP contribution in [0.1, 0.15) is 47.0 Å². The van der Waals surface area contributed by atoms with Gasteiger partial charge < -0.3 is 25.2 Å². The molecule has 4 N–H and O–H groups in total. The summed E-state index contributed by atoms with van der Waals surface area (Å²) in [5, 5.41) is 44.1. The first-order valence-corrected chi connectivity index (χ1v) is 9.61. The van der Waals surface area contributed by atoms with Crippen LogP contribution < -0.4 is 0 Å². The molecule has 0 aromatic heterocycles. The highest BCUT2D eigenvalue weighted by molar-refractivity contribution is 6.08. The largest absolute Gasteiger partial charge is 0.396 e. The summed E-state index contributed by atoms with van der Waals surface area (Å²) in [4.78, 5) is 27.2. The molecule has 0 aromatic carbocycles. The number of allylic oxidation sites excluding steroid dienone is 1. The lowest BCUT2D eigenvalue weighted by Gasteiger charge is -2.61. The summed E-state index contributed by atoms with van der Waals surface area (Å²) in [6.45, 7) is 6.16. The molecule has 2 aliphatic carbocycles. The predicted octanol–water partition coefficient (Wildman–Crippen LogP) is 0.0888. The zero-order valence-electron chi connectivity index (χ0n) is 16.2. The Morgan fingerprint density at radius 2 is 1.93 bits per heavy atom. The van der Waals surface area contributed by atoms with Gasteiger partial charge in [-0.25, -0.2) is 0 Å². The number of ketones is 2. The summed E-state index contributed by atoms with van der Waals surface area (Å²) in [6, 6.07) is 0. The first-order valence-electron chi connectivity index (χ1n) is 9.61. The van der Waals surface area contributed by atoms with Crippen LogP contribution in [0.25, 0.3) is 0 Å². The number of hydrogen-bond acceptors (Lipinski definition) is 7. The quantitative estimate of drug-likeness (QED) is 0.535. The van der Waals surface area contributed by atoms with Crippen molar-refractivity contribution in [1.29, 1.82) is 0 Å². The highest BCUT2D eigenvalue weighted by Crippen LogP contribution is 2.71. The second-order valence-electron chi connectivity index (χ2n) is 9.45. The Morgan fingerprint density at radius 1 is 1.30 bits per heavy atom. The van der Waals surface area contributed by atoms with Gasteiger partial charge in [-0.2, -0.15) is 0 Å². The molecule has 27 heavy (non-hydrogen) atoms. The van der Waals surface area contributed by atoms with Crippen LogP contribution in [0.2, 0.25) is 0 Å². The van der Waals surface area contributed by atoms with Crippen LogP contribution in [0.15, 0.2) is 11.6 Å². The molecule has 0 radical (unpaired) electrons. The minimum Gasteiger partial charge on any atom is -0.396 e. The summed E-state index contributed by atoms with van der Waals surface area (Å²) in [7, 11) is 0. The molecule has 1 spiro atoms. The van der Waals surface area contributed by atoms with Gasteiger partial charge in [-0.3, -0.25) is 9.59 Å². The summed E-state index contributed by atoms with van der Waals surface area (Å²) < 4.78 is 5.96. The highest BCUT2D eigenvalue weighted by atomic mass is 16.7. The Kier molecular flexibility index (Phi) is 3.61. The molecule has 3 bridgehead atoms. The van der Waals surface area contributed by atoms with Crippen LogP contribution in [0.3, 0.4) is 0 Å². The Bertz CT molecular complexity index is 776. The third-order valence-electron chi connectivity index (χ3n) is 8.15. The molecule has 0 amide bonds. The van der Waals surface area contributed by atoms with E-state index in [2.05, 4.69) is 0 Å². The van der Waals surface area contributed by atoms with Gasteiger partial charge in [0.05, 0.1) is 11.5 Å². The second-order valence-corrected chi connectivity index (χ2v) is 9.45. The van der Waals surface area contributed by atoms with Gasteiger partial charge in [0.2, 0.25) is 0 Å². The highest BCUT2D eigenvalue weighted by Gasteiger charge is 2.87. The van der Waals surface area contributed by atoms with Crippen molar-refractivity contribution >= 4 is 11.6 Å². The summed E-state index contributed by atoms with van der Waals surface area (Å²) >= 11 is 0. The van der Waals surface area contributed by atoms with E-state index in [0.717, 1.165) is 0 Å². The number of ether oxygens (including phenoxy) is 1. The number of aliphatic hydroxyl groups is 4. The topological polar surface area (TPSA) is 124 Å². The van der Waals surface area contributed by atoms with Crippen LogP contribution in [-0.2, 0) is 14.3 Å². The predicted molar refractivity (Wildman–Crippen MR) is 93.3 cm³/mol. The molecule has 7 heteroatoms. The van der Waals surface area contributed by atoms with Gasteiger partial charge in [-0.05, 0) is 44.3 Å². The molecule has 4 aliphatic rings. The zero-order chi connectivity index (χ0) is 20.2. The standard InChI is InChI=1S/C20H28O7/c1-10-5-6-18(25)16(3)9-19(26)17(4,12(7-13(16)22)11(2)8-21)15(24)20(18,27-19)14(10)23/h7,10-11,14,21,23,25-26H,5-6,8-9H2,1-4H3/t10-,11-,14+,16-,17-,18-,19-,20-/m0/s1.